The van der Waals surface area contributed by atoms with Gasteiger partial charge in [-0.05, 0) is 26.9 Å². The lowest BCUT2D eigenvalue weighted by Crippen LogP contribution is -2.35. The summed E-state index contributed by atoms with van der Waals surface area (Å²) >= 11 is 5.67. The number of rotatable bonds is 3. The molecule has 0 aromatic carbocycles. The summed E-state index contributed by atoms with van der Waals surface area (Å²) in [5.41, 5.74) is 0.686. The largest absolute Gasteiger partial charge is 0.483 e. The Hall–Kier alpha value is -0.0631. The third-order valence-electron chi connectivity index (χ3n) is 0.877. The predicted molar refractivity (Wildman–Crippen MR) is 53.1 cm³/mol. The maximum absolute atomic E-state index is 8.36. The molecular weight excluding hydrogens is 196 g/mol. The molecule has 0 radical (unpaired) electrons. The molecule has 0 aliphatic carbocycles. The molecule has 0 spiro atoms. The van der Waals surface area contributed by atoms with Gasteiger partial charge in [0.25, 0.3) is 6.47 Å². The summed E-state index contributed by atoms with van der Waals surface area (Å²) in [5, 5.41) is 6.89. The van der Waals surface area contributed by atoms with Gasteiger partial charge < -0.3 is 9.53 Å². The van der Waals surface area contributed by atoms with E-state index in [2.05, 4.69) is 13.1 Å². The van der Waals surface area contributed by atoms with E-state index in [4.69, 9.17) is 25.9 Å². The summed E-state index contributed by atoms with van der Waals surface area (Å²) in [7, 11) is -1.47. The van der Waals surface area contributed by atoms with E-state index in [0.29, 0.717) is 11.6 Å². The van der Waals surface area contributed by atoms with Gasteiger partial charge in [0.15, 0.2) is 0 Å². The Morgan fingerprint density at radius 2 is 1.92 bits per heavy atom. The van der Waals surface area contributed by atoms with Crippen molar-refractivity contribution in [3.8, 4) is 0 Å². The van der Waals surface area contributed by atoms with Crippen molar-refractivity contribution in [2.75, 3.05) is 5.50 Å². The molecule has 0 unspecified atom stereocenters. The van der Waals surface area contributed by atoms with Crippen molar-refractivity contribution in [2.24, 2.45) is 0 Å². The third-order valence-corrected chi connectivity index (χ3v) is 4.56. The number of hydrogen-bond donors (Lipinski definition) is 1. The van der Waals surface area contributed by atoms with E-state index in [0.717, 1.165) is 0 Å². The average Bonchev–Trinajstić information content (AvgIpc) is 1.87. The molecule has 0 aliphatic rings. The van der Waals surface area contributed by atoms with E-state index >= 15 is 0 Å². The van der Waals surface area contributed by atoms with Crippen LogP contribution in [-0.2, 0) is 9.22 Å². The summed E-state index contributed by atoms with van der Waals surface area (Å²) in [6.07, 6.45) is 0.324. The molecule has 0 bridgehead atoms. The summed E-state index contributed by atoms with van der Waals surface area (Å²) in [6, 6.07) is 0. The molecule has 0 aromatic rings. The Labute approximate surface area is 79.8 Å². The fourth-order valence-electron chi connectivity index (χ4n) is 0.670. The normalized spacial score (nSPS) is 10.5. The van der Waals surface area contributed by atoms with Gasteiger partial charge in [0.05, 0.1) is 0 Å². The number of halogens is 1. The molecule has 0 aromatic heterocycles. The highest BCUT2D eigenvalue weighted by atomic mass is 35.5. The van der Waals surface area contributed by atoms with E-state index < -0.39 is 8.32 Å². The number of carbonyl (C=O) groups is 1. The Bertz CT molecular complexity index is 117. The van der Waals surface area contributed by atoms with Crippen LogP contribution in [0.25, 0.3) is 0 Å². The van der Waals surface area contributed by atoms with Crippen LogP contribution in [0, 0.1) is 0 Å². The summed E-state index contributed by atoms with van der Waals surface area (Å²) in [5.74, 6) is 0. The second-order valence-corrected chi connectivity index (χ2v) is 7.99. The highest BCUT2D eigenvalue weighted by Crippen LogP contribution is 2.08. The topological polar surface area (TPSA) is 46.5 Å². The molecule has 0 fully saturated rings. The third kappa shape index (κ3) is 12.6. The number of alkyl halides is 1. The second-order valence-electron chi connectivity index (χ2n) is 3.17. The fraction of sp³-hybridized carbons (Fsp3) is 0.857. The molecule has 0 amide bonds. The molecule has 0 heterocycles. The van der Waals surface area contributed by atoms with Crippen LogP contribution >= 0.6 is 11.6 Å². The molecular formula is C7H17ClO3Si. The van der Waals surface area contributed by atoms with E-state index in [1.165, 1.54) is 0 Å². The quantitative estimate of drug-likeness (QED) is 0.443. The van der Waals surface area contributed by atoms with E-state index in [-0.39, 0.29) is 6.47 Å². The minimum atomic E-state index is -1.47. The Morgan fingerprint density at radius 1 is 1.58 bits per heavy atom. The van der Waals surface area contributed by atoms with Crippen molar-refractivity contribution in [1.29, 1.82) is 0 Å². The maximum Gasteiger partial charge on any atom is 0.290 e. The first kappa shape index (κ1) is 14.5. The predicted octanol–water partition coefficient (Wildman–Crippen LogP) is 2.10. The van der Waals surface area contributed by atoms with Gasteiger partial charge >= 0.3 is 0 Å². The van der Waals surface area contributed by atoms with E-state index in [1.807, 2.05) is 13.8 Å². The van der Waals surface area contributed by atoms with Crippen molar-refractivity contribution in [2.45, 2.75) is 33.0 Å². The molecule has 1 N–H and O–H groups in total. The second kappa shape index (κ2) is 7.58. The zero-order chi connectivity index (χ0) is 10.2. The molecule has 0 saturated heterocycles. The van der Waals surface area contributed by atoms with Crippen molar-refractivity contribution in [3.05, 3.63) is 0 Å². The lowest BCUT2D eigenvalue weighted by Gasteiger charge is -2.22. The Kier molecular flexibility index (Phi) is 9.13. The molecule has 0 atom stereocenters. The zero-order valence-electron chi connectivity index (χ0n) is 8.00. The smallest absolute Gasteiger partial charge is 0.290 e. The first-order chi connectivity index (χ1) is 5.39. The Morgan fingerprint density at radius 3 is 2.00 bits per heavy atom. The van der Waals surface area contributed by atoms with E-state index in [9.17, 15) is 0 Å². The monoisotopic (exact) mass is 212 g/mol. The number of hydrogen-bond acceptors (Lipinski definition) is 2. The van der Waals surface area contributed by atoms with Gasteiger partial charge in [0, 0.05) is 11.6 Å². The minimum absolute atomic E-state index is 0.250. The first-order valence-corrected chi connectivity index (χ1v) is 7.36. The van der Waals surface area contributed by atoms with Crippen molar-refractivity contribution in [3.63, 3.8) is 0 Å². The fourth-order valence-corrected chi connectivity index (χ4v) is 2.20. The molecule has 0 aliphatic heterocycles. The molecule has 0 rings (SSSR count). The molecule has 0 saturated carbocycles. The summed E-state index contributed by atoms with van der Waals surface area (Å²) < 4.78 is 5.59. The molecule has 74 valence electrons. The molecule has 12 heavy (non-hydrogen) atoms. The highest BCUT2D eigenvalue weighted by molar-refractivity contribution is 6.77. The average molecular weight is 213 g/mol. The van der Waals surface area contributed by atoms with Crippen molar-refractivity contribution < 1.29 is 14.3 Å². The van der Waals surface area contributed by atoms with Crippen LogP contribution in [0.4, 0.5) is 0 Å². The minimum Gasteiger partial charge on any atom is -0.483 e. The summed E-state index contributed by atoms with van der Waals surface area (Å²) in [6.45, 7) is 8.09. The van der Waals surface area contributed by atoms with Crippen LogP contribution < -0.4 is 0 Å². The summed E-state index contributed by atoms with van der Waals surface area (Å²) in [4.78, 5) is 8.36. The van der Waals surface area contributed by atoms with Gasteiger partial charge in [-0.2, -0.15) is 0 Å². The SMILES string of the molecule is CC(C)O[Si](C)(C)CCl.O=CO. The van der Waals surface area contributed by atoms with Gasteiger partial charge in [-0.15, -0.1) is 11.6 Å². The first-order valence-electron chi connectivity index (χ1n) is 3.71. The Balaban J connectivity index is 0. The van der Waals surface area contributed by atoms with Crippen LogP contribution in [-0.4, -0.2) is 31.5 Å². The standard InChI is InChI=1S/C6H15ClOSi.CH2O2/c1-6(2)8-9(3,4)5-7;2-1-3/h6H,5H2,1-4H3;1H,(H,2,3). The van der Waals surface area contributed by atoms with Gasteiger partial charge in [-0.25, -0.2) is 0 Å². The van der Waals surface area contributed by atoms with Crippen LogP contribution in [0.15, 0.2) is 0 Å². The van der Waals surface area contributed by atoms with Gasteiger partial charge in [0.2, 0.25) is 8.32 Å². The van der Waals surface area contributed by atoms with Crippen LogP contribution in [0.1, 0.15) is 13.8 Å². The van der Waals surface area contributed by atoms with Crippen molar-refractivity contribution >= 4 is 26.4 Å². The van der Waals surface area contributed by atoms with E-state index in [1.54, 1.807) is 0 Å². The van der Waals surface area contributed by atoms with Gasteiger partial charge in [-0.3, -0.25) is 4.79 Å². The highest BCUT2D eigenvalue weighted by Gasteiger charge is 2.21. The maximum atomic E-state index is 8.36. The molecule has 5 heteroatoms. The van der Waals surface area contributed by atoms with Crippen LogP contribution in [0.3, 0.4) is 0 Å². The van der Waals surface area contributed by atoms with Crippen LogP contribution in [0.5, 0.6) is 0 Å². The lowest BCUT2D eigenvalue weighted by atomic mass is 10.5. The zero-order valence-corrected chi connectivity index (χ0v) is 9.76. The van der Waals surface area contributed by atoms with Crippen molar-refractivity contribution in [1.82, 2.24) is 0 Å². The van der Waals surface area contributed by atoms with Crippen LogP contribution in [0.2, 0.25) is 13.1 Å². The molecule has 3 nitrogen and oxygen atoms in total. The number of carboxylic acid groups (broad SMARTS) is 1. The van der Waals surface area contributed by atoms with Gasteiger partial charge in [0.1, 0.15) is 0 Å². The lowest BCUT2D eigenvalue weighted by molar-refractivity contribution is -0.122. The van der Waals surface area contributed by atoms with Gasteiger partial charge in [-0.1, -0.05) is 0 Å².